The van der Waals surface area contributed by atoms with Crippen LogP contribution < -0.4 is 5.32 Å². The number of carbonyl (C=O) groups is 3. The lowest BCUT2D eigenvalue weighted by atomic mass is 9.71. The Kier molecular flexibility index (Phi) is 6.05. The monoisotopic (exact) mass is 446 g/mol. The third-order valence-corrected chi connectivity index (χ3v) is 8.77. The number of aliphatic hydroxyl groups is 1. The summed E-state index contributed by atoms with van der Waals surface area (Å²) >= 11 is 1.62. The lowest BCUT2D eigenvalue weighted by Gasteiger charge is -2.34. The first kappa shape index (κ1) is 22.1. The number of fused-ring (bicyclic) bond motifs is 1. The SMILES string of the molecule is CCOC(=O)[C@@H]1[C@@H]2CCC3(S2)C(C(=O)Nc2cc(C)ccc2C)N(CCCO)C(=O)[C@H]13. The Morgan fingerprint density at radius 1 is 1.35 bits per heavy atom. The van der Waals surface area contributed by atoms with Crippen LogP contribution in [-0.2, 0) is 19.1 Å². The molecular formula is C23H30N2O5S. The molecule has 7 nitrogen and oxygen atoms in total. The van der Waals surface area contributed by atoms with E-state index in [1.807, 2.05) is 32.0 Å². The van der Waals surface area contributed by atoms with E-state index >= 15 is 0 Å². The molecule has 5 atom stereocenters. The molecule has 0 aromatic heterocycles. The van der Waals surface area contributed by atoms with Gasteiger partial charge in [0.05, 0.1) is 23.2 Å². The van der Waals surface area contributed by atoms with Crippen LogP contribution in [0, 0.1) is 25.7 Å². The number of ether oxygens (including phenoxy) is 1. The standard InChI is InChI=1S/C23H30N2O5S/c1-4-30-22(29)17-16-8-9-23(31-16)18(17)21(28)25(10-5-11-26)19(23)20(27)24-15-12-13(2)6-7-14(15)3/h6-7,12,16-19,26H,4-5,8-11H2,1-3H3,(H,24,27)/t16-,17+,18-,19?,23?/m0/s1. The summed E-state index contributed by atoms with van der Waals surface area (Å²) in [4.78, 5) is 41.5. The molecule has 3 aliphatic rings. The second-order valence-corrected chi connectivity index (χ2v) is 10.3. The van der Waals surface area contributed by atoms with E-state index in [1.54, 1.807) is 23.6 Å². The first-order valence-corrected chi connectivity index (χ1v) is 11.9. The van der Waals surface area contributed by atoms with Gasteiger partial charge in [-0.2, -0.15) is 0 Å². The van der Waals surface area contributed by atoms with Gasteiger partial charge >= 0.3 is 5.97 Å². The van der Waals surface area contributed by atoms with E-state index in [-0.39, 0.29) is 36.2 Å². The number of hydrogen-bond acceptors (Lipinski definition) is 6. The zero-order valence-electron chi connectivity index (χ0n) is 18.2. The van der Waals surface area contributed by atoms with Gasteiger partial charge in [0, 0.05) is 24.1 Å². The smallest absolute Gasteiger partial charge is 0.310 e. The van der Waals surface area contributed by atoms with Crippen LogP contribution in [0.3, 0.4) is 0 Å². The lowest BCUT2D eigenvalue weighted by molar-refractivity contribution is -0.153. The molecule has 168 valence electrons. The van der Waals surface area contributed by atoms with E-state index in [4.69, 9.17) is 4.74 Å². The summed E-state index contributed by atoms with van der Waals surface area (Å²) < 4.78 is 4.68. The zero-order valence-corrected chi connectivity index (χ0v) is 19.0. The van der Waals surface area contributed by atoms with Crippen LogP contribution in [0.15, 0.2) is 18.2 Å². The van der Waals surface area contributed by atoms with Gasteiger partial charge < -0.3 is 20.1 Å². The van der Waals surface area contributed by atoms with Crippen molar-refractivity contribution >= 4 is 35.2 Å². The topological polar surface area (TPSA) is 95.9 Å². The van der Waals surface area contributed by atoms with Crippen LogP contribution in [0.2, 0.25) is 0 Å². The van der Waals surface area contributed by atoms with E-state index in [0.29, 0.717) is 13.0 Å². The first-order chi connectivity index (χ1) is 14.8. The number of anilines is 1. The van der Waals surface area contributed by atoms with Crippen LogP contribution >= 0.6 is 11.8 Å². The number of carbonyl (C=O) groups excluding carboxylic acids is 3. The number of nitrogens with one attached hydrogen (secondary N) is 1. The fraction of sp³-hybridized carbons (Fsp3) is 0.609. The molecule has 3 heterocycles. The molecule has 4 rings (SSSR count). The number of amides is 2. The summed E-state index contributed by atoms with van der Waals surface area (Å²) in [5, 5.41) is 12.4. The Morgan fingerprint density at radius 2 is 2.13 bits per heavy atom. The molecule has 3 fully saturated rings. The van der Waals surface area contributed by atoms with Gasteiger partial charge in [-0.15, -0.1) is 11.8 Å². The molecule has 0 saturated carbocycles. The molecule has 1 spiro atoms. The Labute approximate surface area is 186 Å². The highest BCUT2D eigenvalue weighted by molar-refractivity contribution is 8.02. The Balaban J connectivity index is 1.69. The number of benzene rings is 1. The minimum absolute atomic E-state index is 0.00370. The van der Waals surface area contributed by atoms with Crippen LogP contribution in [-0.4, -0.2) is 63.6 Å². The predicted molar refractivity (Wildman–Crippen MR) is 119 cm³/mol. The fourth-order valence-corrected chi connectivity index (χ4v) is 7.72. The minimum Gasteiger partial charge on any atom is -0.466 e. The summed E-state index contributed by atoms with van der Waals surface area (Å²) in [5.41, 5.74) is 2.72. The van der Waals surface area contributed by atoms with Gasteiger partial charge in [0.15, 0.2) is 0 Å². The van der Waals surface area contributed by atoms with Crippen LogP contribution in [0.25, 0.3) is 0 Å². The molecule has 1 aromatic carbocycles. The fourth-order valence-electron chi connectivity index (χ4n) is 5.51. The summed E-state index contributed by atoms with van der Waals surface area (Å²) in [6, 6.07) is 5.20. The number of aryl methyl sites for hydroxylation is 2. The Bertz CT molecular complexity index is 906. The second kappa shape index (κ2) is 8.47. The number of aliphatic hydroxyl groups excluding tert-OH is 1. The molecule has 2 bridgehead atoms. The molecule has 3 saturated heterocycles. The lowest BCUT2D eigenvalue weighted by Crippen LogP contribution is -2.51. The predicted octanol–water partition coefficient (Wildman–Crippen LogP) is 2.28. The van der Waals surface area contributed by atoms with Crippen molar-refractivity contribution in [3.8, 4) is 0 Å². The minimum atomic E-state index is -0.675. The maximum atomic E-state index is 13.6. The van der Waals surface area contributed by atoms with Crippen LogP contribution in [0.1, 0.15) is 37.3 Å². The van der Waals surface area contributed by atoms with Crippen molar-refractivity contribution < 1.29 is 24.2 Å². The van der Waals surface area contributed by atoms with Gasteiger partial charge in [-0.3, -0.25) is 14.4 Å². The third kappa shape index (κ3) is 3.53. The normalized spacial score (nSPS) is 31.1. The van der Waals surface area contributed by atoms with Gasteiger partial charge in [-0.1, -0.05) is 12.1 Å². The van der Waals surface area contributed by atoms with Crippen molar-refractivity contribution in [1.29, 1.82) is 0 Å². The van der Waals surface area contributed by atoms with Crippen molar-refractivity contribution in [1.82, 2.24) is 4.90 Å². The summed E-state index contributed by atoms with van der Waals surface area (Å²) in [6.45, 7) is 6.16. The summed E-state index contributed by atoms with van der Waals surface area (Å²) in [6.07, 6.45) is 1.90. The number of thioether (sulfide) groups is 1. The van der Waals surface area contributed by atoms with Crippen LogP contribution in [0.5, 0.6) is 0 Å². The summed E-state index contributed by atoms with van der Waals surface area (Å²) in [7, 11) is 0. The number of rotatable bonds is 7. The van der Waals surface area contributed by atoms with Crippen molar-refractivity contribution in [3.05, 3.63) is 29.3 Å². The molecular weight excluding hydrogens is 416 g/mol. The first-order valence-electron chi connectivity index (χ1n) is 11.0. The van der Waals surface area contributed by atoms with Gasteiger partial charge in [0.1, 0.15) is 6.04 Å². The van der Waals surface area contributed by atoms with Gasteiger partial charge in [0.2, 0.25) is 11.8 Å². The maximum Gasteiger partial charge on any atom is 0.310 e. The largest absolute Gasteiger partial charge is 0.466 e. The maximum absolute atomic E-state index is 13.6. The van der Waals surface area contributed by atoms with E-state index < -0.39 is 22.6 Å². The summed E-state index contributed by atoms with van der Waals surface area (Å²) in [5.74, 6) is -1.79. The number of hydrogen-bond donors (Lipinski definition) is 2. The van der Waals surface area contributed by atoms with Crippen LogP contribution in [0.4, 0.5) is 5.69 Å². The molecule has 2 unspecified atom stereocenters. The molecule has 3 aliphatic heterocycles. The highest BCUT2D eigenvalue weighted by Gasteiger charge is 2.73. The highest BCUT2D eigenvalue weighted by Crippen LogP contribution is 2.66. The van der Waals surface area contributed by atoms with E-state index in [0.717, 1.165) is 29.7 Å². The average molecular weight is 447 g/mol. The van der Waals surface area contributed by atoms with Crippen molar-refractivity contribution in [2.75, 3.05) is 25.1 Å². The number of nitrogens with zero attached hydrogens (tertiary/aromatic N) is 1. The molecule has 1 aromatic rings. The van der Waals surface area contributed by atoms with Gasteiger partial charge in [0.25, 0.3) is 0 Å². The van der Waals surface area contributed by atoms with Gasteiger partial charge in [-0.25, -0.2) is 0 Å². The highest BCUT2D eigenvalue weighted by atomic mass is 32.2. The third-order valence-electron chi connectivity index (χ3n) is 6.82. The molecule has 0 radical (unpaired) electrons. The molecule has 2 amide bonds. The quantitative estimate of drug-likeness (QED) is 0.624. The van der Waals surface area contributed by atoms with E-state index in [9.17, 15) is 19.5 Å². The van der Waals surface area contributed by atoms with Crippen molar-refractivity contribution in [2.24, 2.45) is 11.8 Å². The Morgan fingerprint density at radius 3 is 2.84 bits per heavy atom. The molecule has 2 N–H and O–H groups in total. The van der Waals surface area contributed by atoms with E-state index in [1.165, 1.54) is 0 Å². The van der Waals surface area contributed by atoms with Crippen molar-refractivity contribution in [3.63, 3.8) is 0 Å². The Hall–Kier alpha value is -2.06. The second-order valence-electron chi connectivity index (χ2n) is 8.72. The van der Waals surface area contributed by atoms with Gasteiger partial charge in [-0.05, 0) is 57.2 Å². The zero-order chi connectivity index (χ0) is 22.3. The average Bonchev–Trinajstić information content (AvgIpc) is 3.36. The molecule has 0 aliphatic carbocycles. The molecule has 31 heavy (non-hydrogen) atoms. The van der Waals surface area contributed by atoms with Crippen molar-refractivity contribution in [2.45, 2.75) is 56.1 Å². The number of esters is 1. The molecule has 8 heteroatoms. The van der Waals surface area contributed by atoms with E-state index in [2.05, 4.69) is 5.32 Å². The number of likely N-dealkylation sites (tertiary alicyclic amines) is 1.